The van der Waals surface area contributed by atoms with Gasteiger partial charge in [-0.05, 0) is 24.3 Å². The lowest BCUT2D eigenvalue weighted by molar-refractivity contribution is 0.401. The molecule has 34 heavy (non-hydrogen) atoms. The van der Waals surface area contributed by atoms with E-state index in [1.807, 2.05) is 72.8 Å². The van der Waals surface area contributed by atoms with Gasteiger partial charge in [-0.25, -0.2) is 0 Å². The van der Waals surface area contributed by atoms with Crippen LogP contribution in [0.15, 0.2) is 85.2 Å². The molecule has 0 atom stereocenters. The van der Waals surface area contributed by atoms with E-state index >= 15 is 0 Å². The molecule has 0 unspecified atom stereocenters. The van der Waals surface area contributed by atoms with Crippen molar-refractivity contribution in [3.8, 4) is 35.2 Å². The largest absolute Gasteiger partial charge is 0.495 e. The fourth-order valence-corrected chi connectivity index (χ4v) is 3.65. The predicted octanol–water partition coefficient (Wildman–Crippen LogP) is 5.60. The van der Waals surface area contributed by atoms with Gasteiger partial charge in [-0.15, -0.1) is 0 Å². The maximum atomic E-state index is 5.60. The van der Waals surface area contributed by atoms with Crippen molar-refractivity contribution in [2.24, 2.45) is 0 Å². The van der Waals surface area contributed by atoms with Gasteiger partial charge in [-0.1, -0.05) is 60.1 Å². The molecule has 0 bridgehead atoms. The SMILES string of the molecule is COc1cc(C#Cc2cnc3ccccc3c2)c(OC)cc1C#Cc1cnc2ccccc2c1. The molecule has 0 radical (unpaired) electrons. The highest BCUT2D eigenvalue weighted by molar-refractivity contribution is 5.80. The van der Waals surface area contributed by atoms with Gasteiger partial charge >= 0.3 is 0 Å². The number of pyridine rings is 2. The Morgan fingerprint density at radius 1 is 0.559 bits per heavy atom. The van der Waals surface area contributed by atoms with Crippen molar-refractivity contribution in [3.05, 3.63) is 107 Å². The highest BCUT2D eigenvalue weighted by Gasteiger charge is 2.09. The third kappa shape index (κ3) is 4.39. The summed E-state index contributed by atoms with van der Waals surface area (Å²) in [5, 5.41) is 2.10. The van der Waals surface area contributed by atoms with Crippen LogP contribution in [0.2, 0.25) is 0 Å². The molecule has 0 aliphatic heterocycles. The lowest BCUT2D eigenvalue weighted by Crippen LogP contribution is -1.94. The number of methoxy groups -OCH3 is 2. The first kappa shape index (κ1) is 21.1. The minimum atomic E-state index is 0.628. The van der Waals surface area contributed by atoms with Crippen LogP contribution in [-0.2, 0) is 0 Å². The Morgan fingerprint density at radius 3 is 1.44 bits per heavy atom. The molecule has 3 aromatic carbocycles. The molecule has 0 amide bonds. The van der Waals surface area contributed by atoms with Crippen molar-refractivity contribution in [2.75, 3.05) is 14.2 Å². The first-order valence-corrected chi connectivity index (χ1v) is 10.7. The van der Waals surface area contributed by atoms with Gasteiger partial charge in [0, 0.05) is 46.4 Å². The smallest absolute Gasteiger partial charge is 0.136 e. The van der Waals surface area contributed by atoms with E-state index in [9.17, 15) is 0 Å². The second kappa shape index (κ2) is 9.36. The molecule has 0 fully saturated rings. The van der Waals surface area contributed by atoms with E-state index < -0.39 is 0 Å². The molecule has 2 aromatic heterocycles. The standard InChI is InChI=1S/C30H20N2O2/c1-33-29-17-26(14-12-22-16-24-8-4-6-10-28(24)32-20-22)30(34-2)18-25(29)13-11-21-15-23-7-3-5-9-27(23)31-19-21/h3-10,15-20H,1-2H3. The van der Waals surface area contributed by atoms with Gasteiger partial charge in [0.05, 0.1) is 36.4 Å². The number of para-hydroxylation sites is 2. The number of ether oxygens (including phenoxy) is 2. The van der Waals surface area contributed by atoms with Crippen LogP contribution in [0.3, 0.4) is 0 Å². The minimum Gasteiger partial charge on any atom is -0.495 e. The fourth-order valence-electron chi connectivity index (χ4n) is 3.65. The zero-order valence-corrected chi connectivity index (χ0v) is 18.8. The van der Waals surface area contributed by atoms with Gasteiger partial charge in [0.1, 0.15) is 11.5 Å². The fraction of sp³-hybridized carbons (Fsp3) is 0.0667. The Hall–Kier alpha value is -4.80. The summed E-state index contributed by atoms with van der Waals surface area (Å²) < 4.78 is 11.2. The van der Waals surface area contributed by atoms with Gasteiger partial charge in [-0.3, -0.25) is 9.97 Å². The molecule has 0 aliphatic rings. The van der Waals surface area contributed by atoms with Crippen LogP contribution in [0, 0.1) is 23.7 Å². The summed E-state index contributed by atoms with van der Waals surface area (Å²) >= 11 is 0. The number of hydrogen-bond donors (Lipinski definition) is 0. The Labute approximate surface area is 198 Å². The van der Waals surface area contributed by atoms with E-state index in [4.69, 9.17) is 9.47 Å². The summed E-state index contributed by atoms with van der Waals surface area (Å²) in [5.74, 6) is 14.0. The first-order valence-electron chi connectivity index (χ1n) is 10.7. The average molecular weight is 441 g/mol. The van der Waals surface area contributed by atoms with Crippen LogP contribution in [-0.4, -0.2) is 24.2 Å². The third-order valence-corrected chi connectivity index (χ3v) is 5.39. The Kier molecular flexibility index (Phi) is 5.80. The average Bonchev–Trinajstić information content (AvgIpc) is 2.90. The molecule has 4 heteroatoms. The van der Waals surface area contributed by atoms with Crippen LogP contribution >= 0.6 is 0 Å². The van der Waals surface area contributed by atoms with Gasteiger partial charge in [0.25, 0.3) is 0 Å². The van der Waals surface area contributed by atoms with Crippen molar-refractivity contribution in [2.45, 2.75) is 0 Å². The Balaban J connectivity index is 1.49. The number of nitrogens with zero attached hydrogens (tertiary/aromatic N) is 2. The number of hydrogen-bond acceptors (Lipinski definition) is 4. The van der Waals surface area contributed by atoms with Crippen molar-refractivity contribution in [1.29, 1.82) is 0 Å². The molecule has 0 spiro atoms. The molecular weight excluding hydrogens is 420 g/mol. The molecular formula is C30H20N2O2. The maximum absolute atomic E-state index is 5.60. The minimum absolute atomic E-state index is 0.628. The summed E-state index contributed by atoms with van der Waals surface area (Å²) in [7, 11) is 3.24. The summed E-state index contributed by atoms with van der Waals surface area (Å²) in [5.41, 5.74) is 4.96. The van der Waals surface area contributed by atoms with Gasteiger partial charge < -0.3 is 9.47 Å². The predicted molar refractivity (Wildman–Crippen MR) is 135 cm³/mol. The van der Waals surface area contributed by atoms with E-state index in [2.05, 4.69) is 33.6 Å². The molecule has 4 nitrogen and oxygen atoms in total. The lowest BCUT2D eigenvalue weighted by Gasteiger charge is -2.09. The third-order valence-electron chi connectivity index (χ3n) is 5.39. The highest BCUT2D eigenvalue weighted by Crippen LogP contribution is 2.28. The van der Waals surface area contributed by atoms with Crippen LogP contribution < -0.4 is 9.47 Å². The van der Waals surface area contributed by atoms with Crippen molar-refractivity contribution in [3.63, 3.8) is 0 Å². The summed E-state index contributed by atoms with van der Waals surface area (Å²) in [6, 6.07) is 23.7. The van der Waals surface area contributed by atoms with Gasteiger partial charge in [0.2, 0.25) is 0 Å². The van der Waals surface area contributed by atoms with Crippen molar-refractivity contribution in [1.82, 2.24) is 9.97 Å². The number of benzene rings is 3. The zero-order valence-electron chi connectivity index (χ0n) is 18.8. The lowest BCUT2D eigenvalue weighted by atomic mass is 10.1. The second-order valence-electron chi connectivity index (χ2n) is 7.59. The molecule has 0 N–H and O–H groups in total. The summed E-state index contributed by atoms with van der Waals surface area (Å²) in [6.45, 7) is 0. The van der Waals surface area contributed by atoms with Crippen LogP contribution in [0.25, 0.3) is 21.8 Å². The number of rotatable bonds is 2. The van der Waals surface area contributed by atoms with E-state index in [1.54, 1.807) is 26.6 Å². The molecule has 5 rings (SSSR count). The van der Waals surface area contributed by atoms with Crippen LogP contribution in [0.5, 0.6) is 11.5 Å². The molecule has 162 valence electrons. The summed E-state index contributed by atoms with van der Waals surface area (Å²) in [4.78, 5) is 8.95. The van der Waals surface area contributed by atoms with E-state index in [0.717, 1.165) is 32.9 Å². The van der Waals surface area contributed by atoms with Crippen molar-refractivity contribution >= 4 is 21.8 Å². The van der Waals surface area contributed by atoms with Crippen molar-refractivity contribution < 1.29 is 9.47 Å². The van der Waals surface area contributed by atoms with E-state index in [-0.39, 0.29) is 0 Å². The zero-order chi connectivity index (χ0) is 23.3. The maximum Gasteiger partial charge on any atom is 0.136 e. The summed E-state index contributed by atoms with van der Waals surface area (Å²) in [6.07, 6.45) is 3.55. The normalized spacial score (nSPS) is 10.2. The van der Waals surface area contributed by atoms with Gasteiger partial charge in [-0.2, -0.15) is 0 Å². The molecule has 0 saturated heterocycles. The first-order chi connectivity index (χ1) is 16.7. The molecule has 5 aromatic rings. The topological polar surface area (TPSA) is 44.2 Å². The van der Waals surface area contributed by atoms with Crippen LogP contribution in [0.4, 0.5) is 0 Å². The number of aromatic nitrogens is 2. The molecule has 2 heterocycles. The molecule has 0 aliphatic carbocycles. The highest BCUT2D eigenvalue weighted by atomic mass is 16.5. The van der Waals surface area contributed by atoms with Crippen LogP contribution in [0.1, 0.15) is 22.3 Å². The van der Waals surface area contributed by atoms with E-state index in [1.165, 1.54) is 0 Å². The molecule has 0 saturated carbocycles. The monoisotopic (exact) mass is 440 g/mol. The Bertz CT molecular complexity index is 1520. The second-order valence-corrected chi connectivity index (χ2v) is 7.59. The Morgan fingerprint density at radius 2 is 1.00 bits per heavy atom. The van der Waals surface area contributed by atoms with Gasteiger partial charge in [0.15, 0.2) is 0 Å². The quantitative estimate of drug-likeness (QED) is 0.335. The van der Waals surface area contributed by atoms with E-state index in [0.29, 0.717) is 22.6 Å². The number of fused-ring (bicyclic) bond motifs is 2.